The van der Waals surface area contributed by atoms with Crippen molar-refractivity contribution in [3.63, 3.8) is 0 Å². The van der Waals surface area contributed by atoms with Gasteiger partial charge in [0.2, 0.25) is 0 Å². The van der Waals surface area contributed by atoms with Crippen molar-refractivity contribution >= 4 is 0 Å². The molecule has 0 amide bonds. The van der Waals surface area contributed by atoms with E-state index >= 15 is 0 Å². The zero-order chi connectivity index (χ0) is 10.8. The first-order valence-corrected chi connectivity index (χ1v) is 5.51. The molecule has 0 rings (SSSR count). The summed E-state index contributed by atoms with van der Waals surface area (Å²) in [4.78, 5) is 0. The third kappa shape index (κ3) is 6.74. The molecule has 1 unspecified atom stereocenters. The predicted molar refractivity (Wildman–Crippen MR) is 62.0 cm³/mol. The Hall–Kier alpha value is -0.740. The molecule has 0 saturated carbocycles. The van der Waals surface area contributed by atoms with Gasteiger partial charge in [-0.05, 0) is 25.8 Å². The van der Waals surface area contributed by atoms with Crippen molar-refractivity contribution < 1.29 is 5.11 Å². The molecular formula is C13H22O. The van der Waals surface area contributed by atoms with Gasteiger partial charge in [-0.3, -0.25) is 0 Å². The molecule has 0 saturated heterocycles. The Balaban J connectivity index is 3.61. The van der Waals surface area contributed by atoms with Gasteiger partial charge >= 0.3 is 0 Å². The van der Waals surface area contributed by atoms with Gasteiger partial charge in [0.05, 0.1) is 0 Å². The fourth-order valence-electron chi connectivity index (χ4n) is 1.08. The second-order valence-corrected chi connectivity index (χ2v) is 3.57. The number of aliphatic hydroxyl groups excluding tert-OH is 1. The van der Waals surface area contributed by atoms with Crippen LogP contribution in [0.5, 0.6) is 0 Å². The fourth-order valence-corrected chi connectivity index (χ4v) is 1.08. The average molecular weight is 194 g/mol. The lowest BCUT2D eigenvalue weighted by atomic mass is 10.1. The number of unbranched alkanes of at least 4 members (excludes halogenated alkanes) is 4. The third-order valence-corrected chi connectivity index (χ3v) is 2.28. The lowest BCUT2D eigenvalue weighted by Crippen LogP contribution is -2.03. The van der Waals surface area contributed by atoms with Gasteiger partial charge in [0.1, 0.15) is 6.10 Å². The Bertz CT molecular complexity index is 217. The number of allylic oxidation sites excluding steroid dienone is 1. The zero-order valence-corrected chi connectivity index (χ0v) is 9.64. The van der Waals surface area contributed by atoms with E-state index in [1.165, 1.54) is 19.3 Å². The smallest absolute Gasteiger partial charge is 0.135 e. The Kier molecular flexibility index (Phi) is 8.37. The average Bonchev–Trinajstić information content (AvgIpc) is 2.21. The lowest BCUT2D eigenvalue weighted by Gasteiger charge is -2.00. The highest BCUT2D eigenvalue weighted by molar-refractivity contribution is 5.18. The second-order valence-electron chi connectivity index (χ2n) is 3.57. The normalized spacial score (nSPS) is 13.3. The lowest BCUT2D eigenvalue weighted by molar-refractivity contribution is 0.268. The predicted octanol–water partition coefficient (Wildman–Crippen LogP) is 3.29. The quantitative estimate of drug-likeness (QED) is 0.404. The van der Waals surface area contributed by atoms with Gasteiger partial charge in [-0.1, -0.05) is 38.2 Å². The molecule has 0 fully saturated rings. The van der Waals surface area contributed by atoms with Crippen LogP contribution in [0, 0.1) is 11.8 Å². The minimum Gasteiger partial charge on any atom is -0.376 e. The molecule has 0 aliphatic heterocycles. The van der Waals surface area contributed by atoms with Gasteiger partial charge in [-0.15, -0.1) is 5.92 Å². The molecule has 1 atom stereocenters. The monoisotopic (exact) mass is 194 g/mol. The first kappa shape index (κ1) is 13.3. The largest absolute Gasteiger partial charge is 0.376 e. The van der Waals surface area contributed by atoms with Gasteiger partial charge < -0.3 is 5.11 Å². The van der Waals surface area contributed by atoms with Crippen LogP contribution in [-0.2, 0) is 0 Å². The van der Waals surface area contributed by atoms with Gasteiger partial charge in [0.25, 0.3) is 0 Å². The van der Waals surface area contributed by atoms with Crippen LogP contribution in [0.1, 0.15) is 52.9 Å². The van der Waals surface area contributed by atoms with Crippen molar-refractivity contribution in [2.75, 3.05) is 0 Å². The number of rotatable bonds is 5. The van der Waals surface area contributed by atoms with Crippen molar-refractivity contribution in [3.05, 3.63) is 11.6 Å². The molecule has 0 aromatic heterocycles. The summed E-state index contributed by atoms with van der Waals surface area (Å²) in [6, 6.07) is 0. The Morgan fingerprint density at radius 2 is 2.07 bits per heavy atom. The van der Waals surface area contributed by atoms with Gasteiger partial charge in [0, 0.05) is 6.42 Å². The summed E-state index contributed by atoms with van der Waals surface area (Å²) in [5.41, 5.74) is 0.936. The Morgan fingerprint density at radius 1 is 1.36 bits per heavy atom. The SMILES string of the molecule is C/C=C(\C)C(O)C#CCCCCCC. The van der Waals surface area contributed by atoms with E-state index in [0.717, 1.165) is 18.4 Å². The van der Waals surface area contributed by atoms with Crippen molar-refractivity contribution in [1.82, 2.24) is 0 Å². The molecule has 0 aliphatic carbocycles. The van der Waals surface area contributed by atoms with Crippen LogP contribution in [0.25, 0.3) is 0 Å². The first-order valence-electron chi connectivity index (χ1n) is 5.51. The topological polar surface area (TPSA) is 20.2 Å². The van der Waals surface area contributed by atoms with Crippen LogP contribution >= 0.6 is 0 Å². The summed E-state index contributed by atoms with van der Waals surface area (Å²) < 4.78 is 0. The van der Waals surface area contributed by atoms with Crippen molar-refractivity contribution in [3.8, 4) is 11.8 Å². The zero-order valence-electron chi connectivity index (χ0n) is 9.64. The summed E-state index contributed by atoms with van der Waals surface area (Å²) in [7, 11) is 0. The highest BCUT2D eigenvalue weighted by Gasteiger charge is 1.98. The minimum absolute atomic E-state index is 0.564. The third-order valence-electron chi connectivity index (χ3n) is 2.28. The van der Waals surface area contributed by atoms with E-state index in [9.17, 15) is 5.11 Å². The molecule has 1 nitrogen and oxygen atoms in total. The number of aliphatic hydroxyl groups is 1. The molecule has 80 valence electrons. The number of hydrogen-bond donors (Lipinski definition) is 1. The molecule has 1 N–H and O–H groups in total. The van der Waals surface area contributed by atoms with E-state index in [2.05, 4.69) is 18.8 Å². The molecule has 0 radical (unpaired) electrons. The minimum atomic E-state index is -0.564. The Labute approximate surface area is 88.2 Å². The van der Waals surface area contributed by atoms with Crippen LogP contribution in [0.3, 0.4) is 0 Å². The standard InChI is InChI=1S/C13H22O/c1-4-6-7-8-9-10-11-13(14)12(3)5-2/h5,13-14H,4,6-9H2,1-3H3/b12-5+. The maximum Gasteiger partial charge on any atom is 0.135 e. The van der Waals surface area contributed by atoms with Crippen molar-refractivity contribution in [2.45, 2.75) is 59.0 Å². The molecular weight excluding hydrogens is 172 g/mol. The van der Waals surface area contributed by atoms with E-state index in [0.29, 0.717) is 0 Å². The highest BCUT2D eigenvalue weighted by Crippen LogP contribution is 2.02. The molecule has 0 aromatic carbocycles. The van der Waals surface area contributed by atoms with Gasteiger partial charge in [-0.2, -0.15) is 0 Å². The van der Waals surface area contributed by atoms with Crippen LogP contribution in [-0.4, -0.2) is 11.2 Å². The van der Waals surface area contributed by atoms with Crippen LogP contribution in [0.4, 0.5) is 0 Å². The summed E-state index contributed by atoms with van der Waals surface area (Å²) in [5, 5.41) is 9.48. The molecule has 0 aliphatic rings. The highest BCUT2D eigenvalue weighted by atomic mass is 16.3. The molecule has 0 spiro atoms. The summed E-state index contributed by atoms with van der Waals surface area (Å²) in [6.45, 7) is 6.02. The summed E-state index contributed by atoms with van der Waals surface area (Å²) >= 11 is 0. The van der Waals surface area contributed by atoms with E-state index in [4.69, 9.17) is 0 Å². The van der Waals surface area contributed by atoms with Crippen molar-refractivity contribution in [1.29, 1.82) is 0 Å². The van der Waals surface area contributed by atoms with Crippen LogP contribution < -0.4 is 0 Å². The van der Waals surface area contributed by atoms with E-state index in [1.54, 1.807) is 0 Å². The van der Waals surface area contributed by atoms with Crippen LogP contribution in [0.15, 0.2) is 11.6 Å². The summed E-state index contributed by atoms with van der Waals surface area (Å²) in [6.07, 6.45) is 7.20. The van der Waals surface area contributed by atoms with Crippen LogP contribution in [0.2, 0.25) is 0 Å². The number of hydrogen-bond acceptors (Lipinski definition) is 1. The van der Waals surface area contributed by atoms with Gasteiger partial charge in [-0.25, -0.2) is 0 Å². The molecule has 1 heteroatoms. The first-order chi connectivity index (χ1) is 6.72. The fraction of sp³-hybridized carbons (Fsp3) is 0.692. The van der Waals surface area contributed by atoms with Gasteiger partial charge in [0.15, 0.2) is 0 Å². The Morgan fingerprint density at radius 3 is 2.64 bits per heavy atom. The molecule has 0 aromatic rings. The summed E-state index contributed by atoms with van der Waals surface area (Å²) in [5.74, 6) is 5.87. The maximum atomic E-state index is 9.48. The maximum absolute atomic E-state index is 9.48. The molecule has 0 bridgehead atoms. The molecule has 0 heterocycles. The van der Waals surface area contributed by atoms with E-state index in [-0.39, 0.29) is 0 Å². The van der Waals surface area contributed by atoms with E-state index < -0.39 is 6.10 Å². The molecule has 14 heavy (non-hydrogen) atoms. The van der Waals surface area contributed by atoms with Crippen molar-refractivity contribution in [2.24, 2.45) is 0 Å². The van der Waals surface area contributed by atoms with E-state index in [1.807, 2.05) is 19.9 Å². The second kappa shape index (κ2) is 8.84.